The molecule has 0 aliphatic rings. The van der Waals surface area contributed by atoms with Crippen LogP contribution in [0, 0.1) is 0 Å². The molecule has 0 spiro atoms. The first-order valence-electron chi connectivity index (χ1n) is 6.14. The Morgan fingerprint density at radius 3 is 2.74 bits per heavy atom. The summed E-state index contributed by atoms with van der Waals surface area (Å²) >= 11 is 5.14. The van der Waals surface area contributed by atoms with Crippen molar-refractivity contribution >= 4 is 33.4 Å². The molecule has 2 rings (SSSR count). The molecule has 0 amide bonds. The summed E-state index contributed by atoms with van der Waals surface area (Å²) in [7, 11) is 0. The fourth-order valence-electron chi connectivity index (χ4n) is 1.79. The Kier molecular flexibility index (Phi) is 5.16. The number of thioether (sulfide) groups is 1. The molecule has 0 unspecified atom stereocenters. The average Bonchev–Trinajstić information content (AvgIpc) is 2.42. The summed E-state index contributed by atoms with van der Waals surface area (Å²) in [4.78, 5) is 1.24. The molecular formula is C15H16BrNOS. The quantitative estimate of drug-likeness (QED) is 0.762. The Hall–Kier alpha value is -1.13. The van der Waals surface area contributed by atoms with Gasteiger partial charge in [0.1, 0.15) is 5.75 Å². The van der Waals surface area contributed by atoms with E-state index in [2.05, 4.69) is 40.3 Å². The van der Waals surface area contributed by atoms with Crippen molar-refractivity contribution < 1.29 is 5.11 Å². The molecule has 2 aromatic rings. The summed E-state index contributed by atoms with van der Waals surface area (Å²) in [6, 6.07) is 13.9. The smallest absolute Gasteiger partial charge is 0.134 e. The average molecular weight is 338 g/mol. The van der Waals surface area contributed by atoms with Crippen LogP contribution >= 0.6 is 27.7 Å². The zero-order valence-electron chi connectivity index (χ0n) is 10.7. The summed E-state index contributed by atoms with van der Waals surface area (Å²) in [5.74, 6) is 1.34. The van der Waals surface area contributed by atoms with E-state index in [0.717, 1.165) is 21.5 Å². The van der Waals surface area contributed by atoms with Gasteiger partial charge < -0.3 is 10.4 Å². The highest BCUT2D eigenvalue weighted by Gasteiger charge is 2.06. The van der Waals surface area contributed by atoms with Gasteiger partial charge in [-0.1, -0.05) is 31.2 Å². The van der Waals surface area contributed by atoms with Gasteiger partial charge in [0.25, 0.3) is 0 Å². The van der Waals surface area contributed by atoms with Crippen LogP contribution in [0.2, 0.25) is 0 Å². The Morgan fingerprint density at radius 2 is 1.95 bits per heavy atom. The van der Waals surface area contributed by atoms with Gasteiger partial charge >= 0.3 is 0 Å². The number of para-hydroxylation sites is 2. The lowest BCUT2D eigenvalue weighted by molar-refractivity contribution is 0.465. The predicted octanol–water partition coefficient (Wildman–Crippen LogP) is 4.88. The van der Waals surface area contributed by atoms with Crippen LogP contribution in [0.3, 0.4) is 0 Å². The van der Waals surface area contributed by atoms with Crippen molar-refractivity contribution in [2.24, 2.45) is 0 Å². The second-order valence-corrected chi connectivity index (χ2v) is 6.19. The van der Waals surface area contributed by atoms with E-state index < -0.39 is 0 Å². The summed E-state index contributed by atoms with van der Waals surface area (Å²) in [6.45, 7) is 2.74. The lowest BCUT2D eigenvalue weighted by Gasteiger charge is -2.12. The number of nitrogens with one attached hydrogen (secondary N) is 1. The van der Waals surface area contributed by atoms with Crippen LogP contribution in [0.25, 0.3) is 0 Å². The zero-order chi connectivity index (χ0) is 13.7. The van der Waals surface area contributed by atoms with Gasteiger partial charge in [-0.3, -0.25) is 0 Å². The molecule has 0 radical (unpaired) electrons. The van der Waals surface area contributed by atoms with Crippen LogP contribution in [0.5, 0.6) is 5.75 Å². The molecule has 4 heteroatoms. The van der Waals surface area contributed by atoms with Crippen LogP contribution in [0.4, 0.5) is 5.69 Å². The van der Waals surface area contributed by atoms with Crippen LogP contribution in [-0.2, 0) is 6.54 Å². The maximum absolute atomic E-state index is 9.96. The number of phenolic OH excluding ortho intramolecular Hbond substituents is 1. The highest BCUT2D eigenvalue weighted by molar-refractivity contribution is 9.10. The van der Waals surface area contributed by atoms with Crippen molar-refractivity contribution in [2.75, 3.05) is 11.1 Å². The second kappa shape index (κ2) is 6.87. The molecule has 0 bridgehead atoms. The Balaban J connectivity index is 2.12. The molecule has 0 fully saturated rings. The minimum absolute atomic E-state index is 0.302. The topological polar surface area (TPSA) is 32.3 Å². The third kappa shape index (κ3) is 3.67. The van der Waals surface area contributed by atoms with Crippen LogP contribution in [0.1, 0.15) is 12.5 Å². The minimum Gasteiger partial charge on any atom is -0.506 e. The maximum Gasteiger partial charge on any atom is 0.134 e. The molecule has 0 atom stereocenters. The molecule has 0 aromatic heterocycles. The number of hydrogen-bond donors (Lipinski definition) is 2. The van der Waals surface area contributed by atoms with Crippen molar-refractivity contribution in [3.8, 4) is 5.75 Å². The fourth-order valence-corrected chi connectivity index (χ4v) is 2.98. The van der Waals surface area contributed by atoms with E-state index in [9.17, 15) is 5.11 Å². The van der Waals surface area contributed by atoms with E-state index in [0.29, 0.717) is 12.3 Å². The molecule has 0 aliphatic heterocycles. The van der Waals surface area contributed by atoms with Crippen LogP contribution in [-0.4, -0.2) is 10.9 Å². The van der Waals surface area contributed by atoms with Gasteiger partial charge in [0.15, 0.2) is 0 Å². The Labute approximate surface area is 126 Å². The van der Waals surface area contributed by atoms with Gasteiger partial charge in [-0.05, 0) is 39.9 Å². The van der Waals surface area contributed by atoms with Crippen molar-refractivity contribution in [3.05, 3.63) is 52.5 Å². The van der Waals surface area contributed by atoms with Crippen molar-refractivity contribution in [1.29, 1.82) is 0 Å². The first kappa shape index (κ1) is 14.3. The third-order valence-electron chi connectivity index (χ3n) is 2.73. The standard InChI is InChI=1S/C15H16BrNOS/c1-2-19-14-9-4-3-8-13(14)17-10-11-6-5-7-12(16)15(11)18/h3-9,17-18H,2,10H2,1H3. The molecular weight excluding hydrogens is 322 g/mol. The van der Waals surface area contributed by atoms with Gasteiger partial charge in [-0.2, -0.15) is 0 Å². The molecule has 0 aliphatic carbocycles. The Bertz CT molecular complexity index is 560. The Morgan fingerprint density at radius 1 is 1.16 bits per heavy atom. The zero-order valence-corrected chi connectivity index (χ0v) is 13.1. The first-order chi connectivity index (χ1) is 9.22. The molecule has 0 saturated heterocycles. The van der Waals surface area contributed by atoms with Crippen molar-refractivity contribution in [1.82, 2.24) is 0 Å². The number of anilines is 1. The lowest BCUT2D eigenvalue weighted by Crippen LogP contribution is -2.01. The molecule has 0 saturated carbocycles. The molecule has 2 nitrogen and oxygen atoms in total. The maximum atomic E-state index is 9.96. The minimum atomic E-state index is 0.302. The highest BCUT2D eigenvalue weighted by Crippen LogP contribution is 2.30. The summed E-state index contributed by atoms with van der Waals surface area (Å²) in [5, 5.41) is 13.3. The normalized spacial score (nSPS) is 10.4. The third-order valence-corrected chi connectivity index (χ3v) is 4.32. The van der Waals surface area contributed by atoms with Gasteiger partial charge in [-0.15, -0.1) is 11.8 Å². The molecule has 2 aromatic carbocycles. The van der Waals surface area contributed by atoms with Gasteiger partial charge in [0.05, 0.1) is 4.47 Å². The van der Waals surface area contributed by atoms with Gasteiger partial charge in [0.2, 0.25) is 0 Å². The SMILES string of the molecule is CCSc1ccccc1NCc1cccc(Br)c1O. The number of hydrogen-bond acceptors (Lipinski definition) is 3. The number of benzene rings is 2. The van der Waals surface area contributed by atoms with E-state index in [1.165, 1.54) is 4.90 Å². The number of rotatable bonds is 5. The van der Waals surface area contributed by atoms with E-state index in [1.807, 2.05) is 42.1 Å². The highest BCUT2D eigenvalue weighted by atomic mass is 79.9. The monoisotopic (exact) mass is 337 g/mol. The van der Waals surface area contributed by atoms with Crippen molar-refractivity contribution in [3.63, 3.8) is 0 Å². The van der Waals surface area contributed by atoms with Gasteiger partial charge in [0, 0.05) is 22.7 Å². The van der Waals surface area contributed by atoms with Crippen LogP contribution in [0.15, 0.2) is 51.8 Å². The summed E-state index contributed by atoms with van der Waals surface area (Å²) in [5.41, 5.74) is 1.99. The molecule has 0 heterocycles. The van der Waals surface area contributed by atoms with Gasteiger partial charge in [-0.25, -0.2) is 0 Å². The number of aromatic hydroxyl groups is 1. The summed E-state index contributed by atoms with van der Waals surface area (Å²) in [6.07, 6.45) is 0. The van der Waals surface area contributed by atoms with E-state index in [1.54, 1.807) is 0 Å². The number of halogens is 1. The largest absolute Gasteiger partial charge is 0.506 e. The lowest BCUT2D eigenvalue weighted by atomic mass is 10.2. The number of phenols is 1. The first-order valence-corrected chi connectivity index (χ1v) is 7.92. The van der Waals surface area contributed by atoms with Crippen molar-refractivity contribution in [2.45, 2.75) is 18.4 Å². The van der Waals surface area contributed by atoms with Crippen LogP contribution < -0.4 is 5.32 Å². The molecule has 2 N–H and O–H groups in total. The summed E-state index contributed by atoms with van der Waals surface area (Å²) < 4.78 is 0.725. The fraction of sp³-hybridized carbons (Fsp3) is 0.200. The van der Waals surface area contributed by atoms with E-state index in [-0.39, 0.29) is 0 Å². The van der Waals surface area contributed by atoms with E-state index in [4.69, 9.17) is 0 Å². The molecule has 100 valence electrons. The second-order valence-electron chi connectivity index (χ2n) is 4.03. The van der Waals surface area contributed by atoms with E-state index >= 15 is 0 Å². The molecule has 19 heavy (non-hydrogen) atoms. The predicted molar refractivity (Wildman–Crippen MR) is 86.0 cm³/mol.